The number of aromatic nitrogens is 1. The minimum absolute atomic E-state index is 0.143. The molecule has 0 saturated heterocycles. The topological polar surface area (TPSA) is 17.0 Å². The Morgan fingerprint density at radius 1 is 1.32 bits per heavy atom. The highest BCUT2D eigenvalue weighted by Gasteiger charge is 2.09. The van der Waals surface area contributed by atoms with Crippen molar-refractivity contribution in [1.29, 1.82) is 0 Å². The van der Waals surface area contributed by atoms with E-state index in [2.05, 4.69) is 36.7 Å². The molecule has 0 unspecified atom stereocenters. The molecule has 0 atom stereocenters. The molecule has 0 saturated carbocycles. The lowest BCUT2D eigenvalue weighted by atomic mass is 10.2. The number of nitrogens with zero attached hydrogens (tertiary/aromatic N) is 1. The van der Waals surface area contributed by atoms with Gasteiger partial charge in [0.15, 0.2) is 5.82 Å². The van der Waals surface area contributed by atoms with Crippen LogP contribution in [0.3, 0.4) is 0 Å². The molecule has 2 rings (SSSR count). The van der Waals surface area contributed by atoms with Crippen LogP contribution in [0.15, 0.2) is 24.3 Å². The first kappa shape index (κ1) is 13.9. The van der Waals surface area contributed by atoms with Crippen molar-refractivity contribution in [3.8, 4) is 0 Å². The first-order chi connectivity index (χ1) is 9.04. The number of benzene rings is 1. The smallest absolute Gasteiger partial charge is 0.164 e. The maximum absolute atomic E-state index is 13.8. The van der Waals surface area contributed by atoms with Gasteiger partial charge in [-0.2, -0.15) is 0 Å². The number of hydrogen-bond donors (Lipinski definition) is 1. The summed E-state index contributed by atoms with van der Waals surface area (Å²) < 4.78 is 16.0. The van der Waals surface area contributed by atoms with Gasteiger partial charge in [0, 0.05) is 24.5 Å². The van der Waals surface area contributed by atoms with Crippen LogP contribution in [0.5, 0.6) is 0 Å². The number of nitrogens with one attached hydrogen (secondary N) is 1. The molecule has 1 N–H and O–H groups in total. The summed E-state index contributed by atoms with van der Waals surface area (Å²) in [5, 5.41) is 3.25. The molecule has 0 aliphatic heterocycles. The van der Waals surface area contributed by atoms with Gasteiger partial charge in [0.1, 0.15) is 0 Å². The van der Waals surface area contributed by atoms with Crippen molar-refractivity contribution >= 4 is 17.3 Å². The summed E-state index contributed by atoms with van der Waals surface area (Å²) in [6.07, 6.45) is 0. The second-order valence-electron chi connectivity index (χ2n) is 4.60. The van der Waals surface area contributed by atoms with E-state index in [0.717, 1.165) is 6.54 Å². The first-order valence-electron chi connectivity index (χ1n) is 6.38. The average molecular weight is 281 g/mol. The van der Waals surface area contributed by atoms with Crippen LogP contribution in [0.1, 0.15) is 23.9 Å². The Hall–Kier alpha value is -1.48. The van der Waals surface area contributed by atoms with Gasteiger partial charge < -0.3 is 9.88 Å². The van der Waals surface area contributed by atoms with Gasteiger partial charge in [-0.3, -0.25) is 0 Å². The van der Waals surface area contributed by atoms with Crippen molar-refractivity contribution in [2.45, 2.75) is 33.9 Å². The summed E-state index contributed by atoms with van der Waals surface area (Å²) in [5.41, 5.74) is 4.06. The lowest BCUT2D eigenvalue weighted by Crippen LogP contribution is -2.04. The van der Waals surface area contributed by atoms with Gasteiger partial charge in [0.05, 0.1) is 10.7 Å². The predicted molar refractivity (Wildman–Crippen MR) is 78.3 cm³/mol. The molecule has 19 heavy (non-hydrogen) atoms. The molecule has 1 aromatic carbocycles. The number of rotatable bonds is 4. The van der Waals surface area contributed by atoms with E-state index in [0.29, 0.717) is 12.2 Å². The Balaban J connectivity index is 2.17. The fraction of sp³-hybridized carbons (Fsp3) is 0.333. The summed E-state index contributed by atoms with van der Waals surface area (Å²) in [6.45, 7) is 7.83. The van der Waals surface area contributed by atoms with Crippen LogP contribution in [-0.4, -0.2) is 4.57 Å². The van der Waals surface area contributed by atoms with E-state index in [4.69, 9.17) is 11.6 Å². The lowest BCUT2D eigenvalue weighted by Gasteiger charge is -2.09. The molecule has 2 aromatic rings. The minimum atomic E-state index is -0.395. The third-order valence-corrected chi connectivity index (χ3v) is 3.71. The molecule has 2 nitrogen and oxygen atoms in total. The molecule has 0 aliphatic rings. The monoisotopic (exact) mass is 280 g/mol. The van der Waals surface area contributed by atoms with E-state index in [1.54, 1.807) is 18.2 Å². The van der Waals surface area contributed by atoms with Gasteiger partial charge in [-0.1, -0.05) is 17.7 Å². The van der Waals surface area contributed by atoms with Gasteiger partial charge in [-0.15, -0.1) is 0 Å². The Morgan fingerprint density at radius 3 is 2.68 bits per heavy atom. The van der Waals surface area contributed by atoms with Crippen LogP contribution in [0.25, 0.3) is 0 Å². The third kappa shape index (κ3) is 2.76. The molecule has 1 aromatic heterocycles. The van der Waals surface area contributed by atoms with Crippen molar-refractivity contribution in [1.82, 2.24) is 4.57 Å². The quantitative estimate of drug-likeness (QED) is 0.871. The van der Waals surface area contributed by atoms with Crippen LogP contribution in [-0.2, 0) is 13.1 Å². The molecule has 4 heteroatoms. The third-order valence-electron chi connectivity index (χ3n) is 3.42. The molecule has 0 amide bonds. The number of aryl methyl sites for hydroxylation is 1. The summed E-state index contributed by atoms with van der Waals surface area (Å²) in [5.74, 6) is -0.395. The van der Waals surface area contributed by atoms with Crippen LogP contribution in [0.2, 0.25) is 5.02 Å². The zero-order valence-electron chi connectivity index (χ0n) is 11.4. The second kappa shape index (κ2) is 5.66. The zero-order valence-corrected chi connectivity index (χ0v) is 12.2. The minimum Gasteiger partial charge on any atom is -0.378 e. The average Bonchev–Trinajstić information content (AvgIpc) is 2.66. The number of hydrogen-bond acceptors (Lipinski definition) is 1. The normalized spacial score (nSPS) is 10.8. The maximum atomic E-state index is 13.8. The summed E-state index contributed by atoms with van der Waals surface area (Å²) >= 11 is 5.76. The largest absolute Gasteiger partial charge is 0.378 e. The molecule has 0 bridgehead atoms. The predicted octanol–water partition coefficient (Wildman–Crippen LogP) is 4.53. The van der Waals surface area contributed by atoms with E-state index in [9.17, 15) is 4.39 Å². The van der Waals surface area contributed by atoms with Crippen LogP contribution < -0.4 is 5.32 Å². The van der Waals surface area contributed by atoms with Crippen LogP contribution >= 0.6 is 11.6 Å². The van der Waals surface area contributed by atoms with Crippen LogP contribution in [0, 0.1) is 19.7 Å². The summed E-state index contributed by atoms with van der Waals surface area (Å²) in [6, 6.07) is 7.11. The van der Waals surface area contributed by atoms with Crippen molar-refractivity contribution in [2.24, 2.45) is 0 Å². The van der Waals surface area contributed by atoms with E-state index in [1.165, 1.54) is 17.0 Å². The summed E-state index contributed by atoms with van der Waals surface area (Å²) in [4.78, 5) is 0. The highest BCUT2D eigenvalue weighted by atomic mass is 35.5. The lowest BCUT2D eigenvalue weighted by molar-refractivity contribution is 0.630. The Bertz CT molecular complexity index is 590. The van der Waals surface area contributed by atoms with Crippen molar-refractivity contribution in [3.05, 3.63) is 52.1 Å². The van der Waals surface area contributed by atoms with Crippen molar-refractivity contribution < 1.29 is 4.39 Å². The molecule has 0 spiro atoms. The molecular formula is C15H18ClFN2. The second-order valence-corrected chi connectivity index (χ2v) is 5.00. The fourth-order valence-corrected chi connectivity index (χ4v) is 2.54. The molecule has 0 radical (unpaired) electrons. The maximum Gasteiger partial charge on any atom is 0.164 e. The Kier molecular flexibility index (Phi) is 4.15. The molecular weight excluding hydrogens is 263 g/mol. The summed E-state index contributed by atoms with van der Waals surface area (Å²) in [7, 11) is 0. The van der Waals surface area contributed by atoms with Gasteiger partial charge >= 0.3 is 0 Å². The fourth-order valence-electron chi connectivity index (χ4n) is 2.37. The van der Waals surface area contributed by atoms with Gasteiger partial charge in [-0.25, -0.2) is 4.39 Å². The van der Waals surface area contributed by atoms with Gasteiger partial charge in [0.2, 0.25) is 0 Å². The SMILES string of the molecule is CCn1c(C)cc(CNc2cccc(Cl)c2F)c1C. The highest BCUT2D eigenvalue weighted by molar-refractivity contribution is 6.31. The van der Waals surface area contributed by atoms with Gasteiger partial charge in [0.25, 0.3) is 0 Å². The number of anilines is 1. The molecule has 0 aliphatic carbocycles. The highest BCUT2D eigenvalue weighted by Crippen LogP contribution is 2.23. The zero-order chi connectivity index (χ0) is 14.0. The van der Waals surface area contributed by atoms with Gasteiger partial charge in [-0.05, 0) is 44.5 Å². The van der Waals surface area contributed by atoms with E-state index in [-0.39, 0.29) is 5.02 Å². The van der Waals surface area contributed by atoms with Crippen molar-refractivity contribution in [3.63, 3.8) is 0 Å². The van der Waals surface area contributed by atoms with E-state index >= 15 is 0 Å². The number of halogens is 2. The molecule has 102 valence electrons. The Morgan fingerprint density at radius 2 is 2.05 bits per heavy atom. The Labute approximate surface area is 118 Å². The molecule has 1 heterocycles. The van der Waals surface area contributed by atoms with Crippen molar-refractivity contribution in [2.75, 3.05) is 5.32 Å². The standard InChI is InChI=1S/C15H18ClFN2/c1-4-19-10(2)8-12(11(19)3)9-18-14-7-5-6-13(16)15(14)17/h5-8,18H,4,9H2,1-3H3. The van der Waals surface area contributed by atoms with E-state index in [1.807, 2.05) is 0 Å². The van der Waals surface area contributed by atoms with Crippen LogP contribution in [0.4, 0.5) is 10.1 Å². The first-order valence-corrected chi connectivity index (χ1v) is 6.75. The van der Waals surface area contributed by atoms with E-state index < -0.39 is 5.82 Å². The molecule has 0 fully saturated rings.